The van der Waals surface area contributed by atoms with Crippen LogP contribution in [0, 0.1) is 5.82 Å². The first kappa shape index (κ1) is 14.0. The lowest BCUT2D eigenvalue weighted by molar-refractivity contribution is 0.601. The molecule has 3 nitrogen and oxygen atoms in total. The predicted octanol–water partition coefficient (Wildman–Crippen LogP) is 3.90. The van der Waals surface area contributed by atoms with Crippen LogP contribution < -0.4 is 5.73 Å². The Hall–Kier alpha value is -1.91. The van der Waals surface area contributed by atoms with E-state index in [9.17, 15) is 4.39 Å². The molecule has 0 aliphatic heterocycles. The van der Waals surface area contributed by atoms with E-state index in [-0.39, 0.29) is 5.82 Å². The topological polar surface area (TPSA) is 43.8 Å². The maximum Gasteiger partial charge on any atom is 0.131 e. The number of nitrogens with two attached hydrogens (primary N) is 1. The van der Waals surface area contributed by atoms with Crippen molar-refractivity contribution in [2.75, 3.05) is 0 Å². The number of benzene rings is 2. The molecule has 1 unspecified atom stereocenters. The van der Waals surface area contributed by atoms with Gasteiger partial charge >= 0.3 is 0 Å². The molecular formula is C16H15ClFN3. The average Bonchev–Trinajstić information content (AvgIpc) is 2.88. The van der Waals surface area contributed by atoms with Crippen molar-refractivity contribution in [2.24, 2.45) is 5.73 Å². The van der Waals surface area contributed by atoms with Crippen LogP contribution in [0.2, 0.25) is 5.02 Å². The smallest absolute Gasteiger partial charge is 0.131 e. The molecule has 0 saturated heterocycles. The van der Waals surface area contributed by atoms with Gasteiger partial charge in [-0.15, -0.1) is 0 Å². The second kappa shape index (κ2) is 5.47. The van der Waals surface area contributed by atoms with Crippen LogP contribution >= 0.6 is 11.6 Å². The third-order valence-corrected chi connectivity index (χ3v) is 3.96. The highest BCUT2D eigenvalue weighted by atomic mass is 35.5. The molecule has 0 amide bonds. The Kier molecular flexibility index (Phi) is 3.66. The van der Waals surface area contributed by atoms with Gasteiger partial charge in [0.1, 0.15) is 5.82 Å². The fourth-order valence-corrected chi connectivity index (χ4v) is 2.90. The van der Waals surface area contributed by atoms with Crippen LogP contribution in [-0.2, 0) is 6.54 Å². The molecule has 21 heavy (non-hydrogen) atoms. The minimum absolute atomic E-state index is 0.253. The summed E-state index contributed by atoms with van der Waals surface area (Å²) >= 11 is 6.21. The lowest BCUT2D eigenvalue weighted by Crippen LogP contribution is -2.18. The first-order chi connectivity index (χ1) is 10.1. The SMILES string of the molecule is CCn1ncc(Cl)c1C(N)c1ccc(F)c2ccccc12. The van der Waals surface area contributed by atoms with Gasteiger partial charge in [0.05, 0.1) is 23.0 Å². The first-order valence-corrected chi connectivity index (χ1v) is 7.15. The van der Waals surface area contributed by atoms with Crippen molar-refractivity contribution in [3.63, 3.8) is 0 Å². The van der Waals surface area contributed by atoms with Gasteiger partial charge in [-0.2, -0.15) is 5.10 Å². The Morgan fingerprint density at radius 2 is 1.95 bits per heavy atom. The summed E-state index contributed by atoms with van der Waals surface area (Å²) in [5.74, 6) is -0.253. The molecule has 2 N–H and O–H groups in total. The second-order valence-corrected chi connectivity index (χ2v) is 5.26. The van der Waals surface area contributed by atoms with Gasteiger partial charge in [0, 0.05) is 11.9 Å². The minimum Gasteiger partial charge on any atom is -0.319 e. The third kappa shape index (κ3) is 2.30. The highest BCUT2D eigenvalue weighted by Gasteiger charge is 2.20. The van der Waals surface area contributed by atoms with E-state index >= 15 is 0 Å². The number of halogens is 2. The molecule has 0 radical (unpaired) electrons. The number of aromatic nitrogens is 2. The highest BCUT2D eigenvalue weighted by molar-refractivity contribution is 6.31. The zero-order chi connectivity index (χ0) is 15.0. The molecule has 5 heteroatoms. The first-order valence-electron chi connectivity index (χ1n) is 6.77. The Bertz CT molecular complexity index is 797. The number of hydrogen-bond acceptors (Lipinski definition) is 2. The fraction of sp³-hybridized carbons (Fsp3) is 0.188. The maximum atomic E-state index is 13.9. The van der Waals surface area contributed by atoms with Gasteiger partial charge in [0.15, 0.2) is 0 Å². The zero-order valence-corrected chi connectivity index (χ0v) is 12.3. The molecule has 1 atom stereocenters. The number of fused-ring (bicyclic) bond motifs is 1. The van der Waals surface area contributed by atoms with Crippen LogP contribution in [0.1, 0.15) is 24.2 Å². The van der Waals surface area contributed by atoms with E-state index < -0.39 is 6.04 Å². The summed E-state index contributed by atoms with van der Waals surface area (Å²) in [6.45, 7) is 2.65. The van der Waals surface area contributed by atoms with E-state index in [1.165, 1.54) is 6.07 Å². The monoisotopic (exact) mass is 303 g/mol. The van der Waals surface area contributed by atoms with Crippen LogP contribution in [-0.4, -0.2) is 9.78 Å². The molecule has 2 aromatic carbocycles. The Balaban J connectivity index is 2.21. The van der Waals surface area contributed by atoms with E-state index in [2.05, 4.69) is 5.10 Å². The van der Waals surface area contributed by atoms with Crippen LogP contribution in [0.5, 0.6) is 0 Å². The number of aryl methyl sites for hydroxylation is 1. The third-order valence-electron chi connectivity index (χ3n) is 3.67. The van der Waals surface area contributed by atoms with Crippen LogP contribution in [0.3, 0.4) is 0 Å². The van der Waals surface area contributed by atoms with Gasteiger partial charge in [0.25, 0.3) is 0 Å². The van der Waals surface area contributed by atoms with Crippen LogP contribution in [0.4, 0.5) is 4.39 Å². The predicted molar refractivity (Wildman–Crippen MR) is 82.8 cm³/mol. The van der Waals surface area contributed by atoms with Gasteiger partial charge in [-0.3, -0.25) is 4.68 Å². The standard InChI is InChI=1S/C16H15ClFN3/c1-2-21-16(13(17)9-20-21)15(19)12-7-8-14(18)11-6-4-3-5-10(11)12/h3-9,15H,2,19H2,1H3. The summed E-state index contributed by atoms with van der Waals surface area (Å²) < 4.78 is 15.7. The second-order valence-electron chi connectivity index (χ2n) is 4.85. The summed E-state index contributed by atoms with van der Waals surface area (Å²) in [4.78, 5) is 0. The van der Waals surface area contributed by atoms with Crippen molar-refractivity contribution >= 4 is 22.4 Å². The van der Waals surface area contributed by atoms with Gasteiger partial charge in [0.2, 0.25) is 0 Å². The molecule has 0 saturated carbocycles. The molecule has 0 bridgehead atoms. The van der Waals surface area contributed by atoms with E-state index in [4.69, 9.17) is 17.3 Å². The van der Waals surface area contributed by atoms with Gasteiger partial charge < -0.3 is 5.73 Å². The minimum atomic E-state index is -0.453. The summed E-state index contributed by atoms with van der Waals surface area (Å²) in [6, 6.07) is 10.0. The summed E-state index contributed by atoms with van der Waals surface area (Å²) in [5, 5.41) is 6.09. The molecule has 0 spiro atoms. The van der Waals surface area contributed by atoms with E-state index in [0.717, 1.165) is 16.6 Å². The highest BCUT2D eigenvalue weighted by Crippen LogP contribution is 2.32. The van der Waals surface area contributed by atoms with Crippen molar-refractivity contribution in [2.45, 2.75) is 19.5 Å². The Morgan fingerprint density at radius 1 is 1.24 bits per heavy atom. The molecule has 1 aromatic heterocycles. The number of hydrogen-bond donors (Lipinski definition) is 1. The van der Waals surface area contributed by atoms with Crippen molar-refractivity contribution in [1.29, 1.82) is 0 Å². The molecule has 1 heterocycles. The lowest BCUT2D eigenvalue weighted by atomic mass is 9.97. The molecule has 3 rings (SSSR count). The van der Waals surface area contributed by atoms with E-state index in [0.29, 0.717) is 17.0 Å². The summed E-state index contributed by atoms with van der Waals surface area (Å²) in [6.07, 6.45) is 1.59. The molecule has 108 valence electrons. The molecule has 0 fully saturated rings. The Morgan fingerprint density at radius 3 is 2.67 bits per heavy atom. The van der Waals surface area contributed by atoms with Crippen LogP contribution in [0.25, 0.3) is 10.8 Å². The van der Waals surface area contributed by atoms with Crippen molar-refractivity contribution < 1.29 is 4.39 Å². The van der Waals surface area contributed by atoms with Gasteiger partial charge in [-0.05, 0) is 23.9 Å². The van der Waals surface area contributed by atoms with Crippen molar-refractivity contribution in [1.82, 2.24) is 9.78 Å². The largest absolute Gasteiger partial charge is 0.319 e. The van der Waals surface area contributed by atoms with E-state index in [1.807, 2.05) is 25.1 Å². The normalized spacial score (nSPS) is 12.8. The summed E-state index contributed by atoms with van der Waals surface area (Å²) in [7, 11) is 0. The van der Waals surface area contributed by atoms with Gasteiger partial charge in [-0.25, -0.2) is 4.39 Å². The lowest BCUT2D eigenvalue weighted by Gasteiger charge is -2.17. The summed E-state index contributed by atoms with van der Waals surface area (Å²) in [5.41, 5.74) is 7.97. The van der Waals surface area contributed by atoms with Gasteiger partial charge in [-0.1, -0.05) is 41.9 Å². The average molecular weight is 304 g/mol. The molecular weight excluding hydrogens is 289 g/mol. The number of rotatable bonds is 3. The van der Waals surface area contributed by atoms with Crippen molar-refractivity contribution in [3.05, 3.63) is 64.7 Å². The molecule has 0 aliphatic rings. The number of nitrogens with zero attached hydrogens (tertiary/aromatic N) is 2. The molecule has 3 aromatic rings. The Labute approximate surface area is 127 Å². The maximum absolute atomic E-state index is 13.9. The van der Waals surface area contributed by atoms with Crippen LogP contribution in [0.15, 0.2) is 42.6 Å². The van der Waals surface area contributed by atoms with E-state index in [1.54, 1.807) is 23.0 Å². The zero-order valence-electron chi connectivity index (χ0n) is 11.6. The fourth-order valence-electron chi connectivity index (χ4n) is 2.64. The molecule has 0 aliphatic carbocycles. The quantitative estimate of drug-likeness (QED) is 0.797. The van der Waals surface area contributed by atoms with Crippen molar-refractivity contribution in [3.8, 4) is 0 Å².